The molecule has 2 aliphatic heterocycles. The van der Waals surface area contributed by atoms with Crippen molar-refractivity contribution in [2.45, 2.75) is 38.0 Å². The summed E-state index contributed by atoms with van der Waals surface area (Å²) in [5.74, 6) is 0.00355. The Morgan fingerprint density at radius 1 is 1.06 bits per heavy atom. The molecule has 0 aliphatic carbocycles. The zero-order chi connectivity index (χ0) is 34.4. The Balaban J connectivity index is 1.51. The van der Waals surface area contributed by atoms with Gasteiger partial charge in [-0.1, -0.05) is 36.4 Å². The van der Waals surface area contributed by atoms with Crippen LogP contribution in [-0.2, 0) is 38.3 Å². The number of piperazine rings is 1. The molecule has 1 aromatic heterocycles. The molecule has 14 nitrogen and oxygen atoms in total. The minimum absolute atomic E-state index is 0.0273. The lowest BCUT2D eigenvalue weighted by Crippen LogP contribution is -2.75. The Hall–Kier alpha value is -4.75. The van der Waals surface area contributed by atoms with Gasteiger partial charge < -0.3 is 23.8 Å². The molecule has 0 spiro atoms. The van der Waals surface area contributed by atoms with Gasteiger partial charge in [0.05, 0.1) is 27.3 Å². The van der Waals surface area contributed by atoms with E-state index in [1.807, 2.05) is 18.2 Å². The molecule has 0 radical (unpaired) electrons. The Bertz CT molecular complexity index is 1680. The molecule has 2 aliphatic rings. The third-order valence-electron chi connectivity index (χ3n) is 8.17. The molecule has 254 valence electrons. The van der Waals surface area contributed by atoms with Gasteiger partial charge in [0, 0.05) is 43.4 Å². The van der Waals surface area contributed by atoms with E-state index < -0.39 is 20.0 Å². The van der Waals surface area contributed by atoms with E-state index in [4.69, 9.17) is 9.47 Å². The van der Waals surface area contributed by atoms with Gasteiger partial charge in [0.15, 0.2) is 11.5 Å². The van der Waals surface area contributed by atoms with Crippen molar-refractivity contribution in [2.75, 3.05) is 33.9 Å². The molecule has 2 aromatic carbocycles. The molecule has 0 bridgehead atoms. The predicted octanol–water partition coefficient (Wildman–Crippen LogP) is 2.56. The van der Waals surface area contributed by atoms with Gasteiger partial charge in [0.25, 0.3) is 0 Å². The average Bonchev–Trinajstić information content (AvgIpc) is 3.06. The van der Waals surface area contributed by atoms with Crippen molar-refractivity contribution in [3.05, 3.63) is 96.3 Å². The van der Waals surface area contributed by atoms with Gasteiger partial charge in [-0.2, -0.15) is 0 Å². The number of phosphoric acid groups is 1. The number of carbonyl (C=O) groups excluding carboxylic acids is 3. The number of benzene rings is 2. The molecule has 3 aromatic rings. The molecule has 0 unspecified atom stereocenters. The van der Waals surface area contributed by atoms with Gasteiger partial charge in [0.1, 0.15) is 18.0 Å². The van der Waals surface area contributed by atoms with Crippen molar-refractivity contribution in [3.63, 3.8) is 0 Å². The van der Waals surface area contributed by atoms with E-state index in [1.165, 1.54) is 31.3 Å². The first-order valence-electron chi connectivity index (χ1n) is 15.2. The lowest BCUT2D eigenvalue weighted by molar-refractivity contribution is -0.205. The SMILES string of the molecule is C=CCN1CC(=O)N2[C@@H](Cc3ccc(OP(=O)(O)O)cc3)C(=O)N(Cc3cccc(OC)c3OC)C[C@@H]2N1C(=O)CCc1ccccn1. The molecule has 15 heteroatoms. The van der Waals surface area contributed by atoms with Crippen LogP contribution in [0.3, 0.4) is 0 Å². The fourth-order valence-corrected chi connectivity index (χ4v) is 6.53. The van der Waals surface area contributed by atoms with E-state index in [0.29, 0.717) is 29.0 Å². The van der Waals surface area contributed by atoms with E-state index >= 15 is 0 Å². The number of hydrogen-bond acceptors (Lipinski definition) is 9. The Morgan fingerprint density at radius 3 is 2.48 bits per heavy atom. The molecule has 2 saturated heterocycles. The first kappa shape index (κ1) is 34.6. The van der Waals surface area contributed by atoms with Crippen molar-refractivity contribution in [1.29, 1.82) is 0 Å². The zero-order valence-electron chi connectivity index (χ0n) is 26.7. The number of hydrogen-bond donors (Lipinski definition) is 2. The summed E-state index contributed by atoms with van der Waals surface area (Å²) in [7, 11) is -1.73. The number of phosphoric ester groups is 1. The van der Waals surface area contributed by atoms with Crippen LogP contribution in [0.15, 0.2) is 79.5 Å². The van der Waals surface area contributed by atoms with Crippen LogP contribution in [-0.4, -0.2) is 98.4 Å². The molecule has 2 fully saturated rings. The van der Waals surface area contributed by atoms with Crippen LogP contribution in [0.1, 0.15) is 23.2 Å². The summed E-state index contributed by atoms with van der Waals surface area (Å²) in [5, 5.41) is 3.22. The monoisotopic (exact) mass is 679 g/mol. The van der Waals surface area contributed by atoms with Gasteiger partial charge in [-0.05, 0) is 42.3 Å². The third-order valence-corrected chi connectivity index (χ3v) is 8.62. The fraction of sp³-hybridized carbons (Fsp3) is 0.333. The average molecular weight is 680 g/mol. The van der Waals surface area contributed by atoms with E-state index in [1.54, 1.807) is 57.5 Å². The molecular weight excluding hydrogens is 641 g/mol. The number of hydrazine groups is 1. The zero-order valence-corrected chi connectivity index (χ0v) is 27.6. The summed E-state index contributed by atoms with van der Waals surface area (Å²) in [5.41, 5.74) is 2.04. The highest BCUT2D eigenvalue weighted by molar-refractivity contribution is 7.46. The summed E-state index contributed by atoms with van der Waals surface area (Å²) in [6.07, 6.45) is 3.02. The van der Waals surface area contributed by atoms with Gasteiger partial charge >= 0.3 is 7.82 Å². The second-order valence-electron chi connectivity index (χ2n) is 11.3. The van der Waals surface area contributed by atoms with Crippen LogP contribution in [0.5, 0.6) is 17.2 Å². The second-order valence-corrected chi connectivity index (χ2v) is 12.5. The summed E-state index contributed by atoms with van der Waals surface area (Å²) < 4.78 is 27.1. The Morgan fingerprint density at radius 2 is 1.83 bits per heavy atom. The molecule has 2 atom stereocenters. The molecule has 48 heavy (non-hydrogen) atoms. The van der Waals surface area contributed by atoms with E-state index in [2.05, 4.69) is 16.1 Å². The third kappa shape index (κ3) is 7.85. The quantitative estimate of drug-likeness (QED) is 0.202. The number of aryl methyl sites for hydroxylation is 1. The molecule has 3 amide bonds. The van der Waals surface area contributed by atoms with E-state index in [9.17, 15) is 28.7 Å². The van der Waals surface area contributed by atoms with Gasteiger partial charge in [-0.25, -0.2) is 14.6 Å². The number of pyridine rings is 1. The molecule has 0 saturated carbocycles. The molecule has 3 heterocycles. The number of nitrogens with zero attached hydrogens (tertiary/aromatic N) is 5. The summed E-state index contributed by atoms with van der Waals surface area (Å²) in [6, 6.07) is 15.8. The van der Waals surface area contributed by atoms with Crippen LogP contribution in [0.25, 0.3) is 0 Å². The van der Waals surface area contributed by atoms with Crippen LogP contribution in [0.2, 0.25) is 0 Å². The van der Waals surface area contributed by atoms with Crippen LogP contribution in [0, 0.1) is 0 Å². The number of methoxy groups -OCH3 is 2. The predicted molar refractivity (Wildman–Crippen MR) is 173 cm³/mol. The first-order chi connectivity index (χ1) is 23.0. The van der Waals surface area contributed by atoms with Crippen LogP contribution < -0.4 is 14.0 Å². The summed E-state index contributed by atoms with van der Waals surface area (Å²) in [6.45, 7) is 4.06. The number of carbonyl (C=O) groups is 3. The maximum Gasteiger partial charge on any atom is 0.524 e. The lowest BCUT2D eigenvalue weighted by Gasteiger charge is -2.55. The van der Waals surface area contributed by atoms with Crippen molar-refractivity contribution in [1.82, 2.24) is 24.8 Å². The first-order valence-corrected chi connectivity index (χ1v) is 16.8. The Labute approximate surface area is 278 Å². The highest BCUT2D eigenvalue weighted by Crippen LogP contribution is 2.38. The van der Waals surface area contributed by atoms with Crippen molar-refractivity contribution < 1.29 is 42.7 Å². The van der Waals surface area contributed by atoms with Gasteiger partial charge in [-0.3, -0.25) is 29.2 Å². The number of ether oxygens (including phenoxy) is 2. The molecule has 5 rings (SSSR count). The number of amides is 3. The van der Waals surface area contributed by atoms with Gasteiger partial charge in [0.2, 0.25) is 17.7 Å². The Kier molecular flexibility index (Phi) is 10.8. The highest BCUT2D eigenvalue weighted by Gasteiger charge is 2.51. The maximum absolute atomic E-state index is 14.3. The smallest absolute Gasteiger partial charge is 0.493 e. The van der Waals surface area contributed by atoms with Crippen LogP contribution >= 0.6 is 7.82 Å². The number of para-hydroxylation sites is 1. The number of fused-ring (bicyclic) bond motifs is 1. The number of rotatable bonds is 13. The largest absolute Gasteiger partial charge is 0.524 e. The maximum atomic E-state index is 14.3. The topological polar surface area (TPSA) is 162 Å². The molecular formula is C33H38N5O9P. The second kappa shape index (κ2) is 15.0. The number of aromatic nitrogens is 1. The van der Waals surface area contributed by atoms with E-state index in [-0.39, 0.29) is 62.5 Å². The van der Waals surface area contributed by atoms with Crippen LogP contribution in [0.4, 0.5) is 0 Å². The lowest BCUT2D eigenvalue weighted by atomic mass is 9.98. The van der Waals surface area contributed by atoms with Crippen molar-refractivity contribution in [2.24, 2.45) is 0 Å². The standard InChI is InChI=1S/C33H38N5O9P/c1-4-18-36-22-31(40)37-27(19-23-11-14-26(15-12-23)47-48(42,43)44)33(41)35(20-24-8-7-10-28(45-2)32(24)46-3)21-29(37)38(36)30(39)16-13-25-9-5-6-17-34-25/h4-12,14-15,17,27,29H,1,13,16,18-22H2,2-3H3,(H2,42,43,44)/t27-,29-/m0/s1. The highest BCUT2D eigenvalue weighted by atomic mass is 31.2. The minimum atomic E-state index is -4.77. The van der Waals surface area contributed by atoms with Crippen molar-refractivity contribution >= 4 is 25.5 Å². The molecule has 2 N–H and O–H groups in total. The summed E-state index contributed by atoms with van der Waals surface area (Å²) in [4.78, 5) is 68.0. The fourth-order valence-electron chi connectivity index (χ4n) is 6.13. The van der Waals surface area contributed by atoms with Crippen molar-refractivity contribution in [3.8, 4) is 17.2 Å². The summed E-state index contributed by atoms with van der Waals surface area (Å²) >= 11 is 0. The van der Waals surface area contributed by atoms with E-state index in [0.717, 1.165) is 5.69 Å². The minimum Gasteiger partial charge on any atom is -0.493 e. The normalized spacial score (nSPS) is 18.4. The van der Waals surface area contributed by atoms with Gasteiger partial charge in [-0.15, -0.1) is 6.58 Å².